The quantitative estimate of drug-likeness (QED) is 0.196. The summed E-state index contributed by atoms with van der Waals surface area (Å²) < 4.78 is 29.6. The van der Waals surface area contributed by atoms with Gasteiger partial charge in [-0.25, -0.2) is 13.5 Å². The molecule has 0 aliphatic rings. The molecule has 0 amide bonds. The van der Waals surface area contributed by atoms with Gasteiger partial charge >= 0.3 is 0 Å². The van der Waals surface area contributed by atoms with Gasteiger partial charge in [0.25, 0.3) is 0 Å². The Morgan fingerprint density at radius 3 is 2.42 bits per heavy atom. The topological polar surface area (TPSA) is 52.3 Å². The SMILES string of the molecule is C=C(O/N=C(C)/C(/C=C\C)=C(/C)F)c1nnn(-c2ccccc2F)c1-c1ccccc1. The fraction of sp³-hybridized carbons (Fsp3) is 0.125. The minimum atomic E-state index is -0.448. The summed E-state index contributed by atoms with van der Waals surface area (Å²) in [5, 5.41) is 12.3. The molecule has 3 aromatic rings. The molecule has 0 saturated carbocycles. The van der Waals surface area contributed by atoms with E-state index in [0.717, 1.165) is 5.56 Å². The summed E-state index contributed by atoms with van der Waals surface area (Å²) in [5.74, 6) is -0.739. The van der Waals surface area contributed by atoms with Crippen molar-refractivity contribution in [1.82, 2.24) is 15.0 Å². The van der Waals surface area contributed by atoms with Crippen LogP contribution in [-0.2, 0) is 4.84 Å². The van der Waals surface area contributed by atoms with Gasteiger partial charge in [0.15, 0.2) is 11.5 Å². The van der Waals surface area contributed by atoms with Gasteiger partial charge in [0.05, 0.1) is 5.71 Å². The molecule has 0 bridgehead atoms. The van der Waals surface area contributed by atoms with Crippen molar-refractivity contribution < 1.29 is 13.6 Å². The van der Waals surface area contributed by atoms with Gasteiger partial charge in [-0.05, 0) is 32.9 Å². The van der Waals surface area contributed by atoms with Crippen molar-refractivity contribution in [3.8, 4) is 16.9 Å². The van der Waals surface area contributed by atoms with Crippen LogP contribution in [0.1, 0.15) is 26.5 Å². The van der Waals surface area contributed by atoms with Crippen LogP contribution in [0.2, 0.25) is 0 Å². The van der Waals surface area contributed by atoms with Gasteiger partial charge in [0, 0.05) is 11.1 Å². The second kappa shape index (κ2) is 9.75. The van der Waals surface area contributed by atoms with Crippen LogP contribution in [-0.4, -0.2) is 20.7 Å². The second-order valence-electron chi connectivity index (χ2n) is 6.65. The average Bonchev–Trinajstić information content (AvgIpc) is 3.21. The predicted molar refractivity (Wildman–Crippen MR) is 119 cm³/mol. The number of rotatable bonds is 7. The van der Waals surface area contributed by atoms with Gasteiger partial charge in [-0.15, -0.1) is 5.10 Å². The van der Waals surface area contributed by atoms with Gasteiger partial charge in [-0.3, -0.25) is 0 Å². The average molecular weight is 420 g/mol. The van der Waals surface area contributed by atoms with E-state index < -0.39 is 5.82 Å². The van der Waals surface area contributed by atoms with E-state index >= 15 is 0 Å². The molecule has 0 saturated heterocycles. The third kappa shape index (κ3) is 4.83. The zero-order valence-electron chi connectivity index (χ0n) is 17.5. The summed E-state index contributed by atoms with van der Waals surface area (Å²) in [6.07, 6.45) is 3.31. The summed E-state index contributed by atoms with van der Waals surface area (Å²) >= 11 is 0. The molecule has 0 aliphatic heterocycles. The highest BCUT2D eigenvalue weighted by Gasteiger charge is 2.21. The van der Waals surface area contributed by atoms with Crippen LogP contribution in [0.15, 0.2) is 89.9 Å². The number of halogens is 2. The maximum absolute atomic E-state index is 14.5. The molecule has 0 atom stereocenters. The molecule has 2 aromatic carbocycles. The molecule has 1 heterocycles. The number of hydrogen-bond donors (Lipinski definition) is 0. The molecule has 31 heavy (non-hydrogen) atoms. The Morgan fingerprint density at radius 1 is 1.10 bits per heavy atom. The van der Waals surface area contributed by atoms with Crippen LogP contribution >= 0.6 is 0 Å². The van der Waals surface area contributed by atoms with Gasteiger partial charge in [0.1, 0.15) is 23.0 Å². The molecule has 0 radical (unpaired) electrons. The maximum atomic E-state index is 14.5. The van der Waals surface area contributed by atoms with Crippen LogP contribution in [0.5, 0.6) is 0 Å². The molecule has 5 nitrogen and oxygen atoms in total. The highest BCUT2D eigenvalue weighted by atomic mass is 19.1. The van der Waals surface area contributed by atoms with E-state index in [2.05, 4.69) is 22.0 Å². The monoisotopic (exact) mass is 420 g/mol. The molecule has 3 rings (SSSR count). The number of aromatic nitrogens is 3. The molecule has 1 aromatic heterocycles. The van der Waals surface area contributed by atoms with E-state index in [0.29, 0.717) is 22.7 Å². The molecule has 158 valence electrons. The second-order valence-corrected chi connectivity index (χ2v) is 6.65. The van der Waals surface area contributed by atoms with Gasteiger partial charge in [-0.1, -0.05) is 71.6 Å². The van der Waals surface area contributed by atoms with E-state index in [9.17, 15) is 8.78 Å². The first-order chi connectivity index (χ1) is 14.9. The van der Waals surface area contributed by atoms with E-state index in [1.807, 2.05) is 30.3 Å². The molecule has 0 fully saturated rings. The first-order valence-electron chi connectivity index (χ1n) is 9.60. The number of benzene rings is 2. The predicted octanol–water partition coefficient (Wildman–Crippen LogP) is 6.26. The van der Waals surface area contributed by atoms with Crippen LogP contribution in [0, 0.1) is 5.82 Å². The van der Waals surface area contributed by atoms with Crippen LogP contribution in [0.25, 0.3) is 22.7 Å². The Balaban J connectivity index is 2.04. The third-order valence-electron chi connectivity index (χ3n) is 4.45. The smallest absolute Gasteiger partial charge is 0.180 e. The largest absolute Gasteiger partial charge is 0.355 e. The van der Waals surface area contributed by atoms with E-state index in [4.69, 9.17) is 4.84 Å². The molecule has 7 heteroatoms. The van der Waals surface area contributed by atoms with Crippen molar-refractivity contribution in [3.05, 3.63) is 96.2 Å². The Bertz CT molecular complexity index is 1170. The van der Waals surface area contributed by atoms with Crippen molar-refractivity contribution in [1.29, 1.82) is 0 Å². The highest BCUT2D eigenvalue weighted by molar-refractivity contribution is 6.00. The Morgan fingerprint density at radius 2 is 1.77 bits per heavy atom. The van der Waals surface area contributed by atoms with E-state index in [1.54, 1.807) is 44.2 Å². The zero-order valence-corrected chi connectivity index (χ0v) is 17.5. The summed E-state index contributed by atoms with van der Waals surface area (Å²) in [6.45, 7) is 8.65. The molecular weight excluding hydrogens is 398 g/mol. The fourth-order valence-corrected chi connectivity index (χ4v) is 2.98. The summed E-state index contributed by atoms with van der Waals surface area (Å²) in [7, 11) is 0. The molecular formula is C24H22F2N4O. The lowest BCUT2D eigenvalue weighted by Crippen LogP contribution is -2.03. The van der Waals surface area contributed by atoms with E-state index in [-0.39, 0.29) is 17.3 Å². The maximum Gasteiger partial charge on any atom is 0.180 e. The first-order valence-corrected chi connectivity index (χ1v) is 9.60. The van der Waals surface area contributed by atoms with Crippen LogP contribution in [0.3, 0.4) is 0 Å². The van der Waals surface area contributed by atoms with E-state index in [1.165, 1.54) is 17.7 Å². The fourth-order valence-electron chi connectivity index (χ4n) is 2.98. The molecule has 0 N–H and O–H groups in total. The lowest BCUT2D eigenvalue weighted by atomic mass is 10.1. The van der Waals surface area contributed by atoms with Crippen molar-refractivity contribution in [2.24, 2.45) is 5.16 Å². The van der Waals surface area contributed by atoms with Gasteiger partial charge < -0.3 is 4.84 Å². The van der Waals surface area contributed by atoms with Crippen molar-refractivity contribution >= 4 is 11.5 Å². The van der Waals surface area contributed by atoms with Crippen molar-refractivity contribution in [2.45, 2.75) is 20.8 Å². The number of allylic oxidation sites excluding steroid dienone is 4. The Hall–Kier alpha value is -3.87. The zero-order chi connectivity index (χ0) is 22.4. The number of hydrogen-bond acceptors (Lipinski definition) is 4. The minimum absolute atomic E-state index is 0.0946. The standard InChI is InChI=1S/C24H22F2N4O/c1-5-11-20(16(2)25)17(3)28-31-18(4)23-24(19-12-7-6-8-13-19)30(29-27-23)22-15-10-9-14-21(22)26/h5-15H,4H2,1-3H3/b11-5-,20-16-,28-17+. The first kappa shape index (κ1) is 21.8. The number of nitrogens with zero attached hydrogens (tertiary/aromatic N) is 4. The molecule has 0 unspecified atom stereocenters. The minimum Gasteiger partial charge on any atom is -0.355 e. The summed E-state index contributed by atoms with van der Waals surface area (Å²) in [6, 6.07) is 15.5. The van der Waals surface area contributed by atoms with Crippen LogP contribution < -0.4 is 0 Å². The van der Waals surface area contributed by atoms with Gasteiger partial charge in [0.2, 0.25) is 0 Å². The third-order valence-corrected chi connectivity index (χ3v) is 4.45. The number of para-hydroxylation sites is 1. The van der Waals surface area contributed by atoms with Gasteiger partial charge in [-0.2, -0.15) is 0 Å². The lowest BCUT2D eigenvalue weighted by molar-refractivity contribution is 0.297. The lowest BCUT2D eigenvalue weighted by Gasteiger charge is -2.10. The number of oxime groups is 1. The van der Waals surface area contributed by atoms with Crippen molar-refractivity contribution in [3.63, 3.8) is 0 Å². The van der Waals surface area contributed by atoms with Crippen molar-refractivity contribution in [2.75, 3.05) is 0 Å². The highest BCUT2D eigenvalue weighted by Crippen LogP contribution is 2.30. The molecule has 0 aliphatic carbocycles. The molecule has 0 spiro atoms. The normalized spacial score (nSPS) is 12.7. The Labute approximate surface area is 179 Å². The van der Waals surface area contributed by atoms with Crippen LogP contribution in [0.4, 0.5) is 8.78 Å². The Kier molecular flexibility index (Phi) is 6.87. The summed E-state index contributed by atoms with van der Waals surface area (Å²) in [4.78, 5) is 5.46. The summed E-state index contributed by atoms with van der Waals surface area (Å²) in [5.41, 5.74) is 2.41.